The maximum atomic E-state index is 14.0. The molecule has 25 heteroatoms. The molecule has 71 heavy (non-hydrogen) atoms. The summed E-state index contributed by atoms with van der Waals surface area (Å²) in [6, 6.07) is -0.0627. The minimum Gasteiger partial charge on any atom is -0.297 e. The van der Waals surface area contributed by atoms with Crippen LogP contribution in [-0.2, 0) is 45.7 Å². The number of fused-ring (bicyclic) bond motifs is 1. The number of nitrogens with one attached hydrogen (secondary N) is 3. The SMILES string of the molecule is CC1CC(C)C(NC2NC(N(C3C(C)CC(C)CC3C)S(C)(=O)=O)CC(C)C2N=Nc2c(C#N)c(C(C)(C)C)nn2C2=NC3CCC(S(=O)(=O)NC4CC(S(=O)(=O)O)CCC4S(=O)(=O)O)CC3S2)C(C)C1. The number of aromatic nitrogens is 2. The van der Waals surface area contributed by atoms with Crippen LogP contribution in [0, 0.1) is 52.8 Å². The van der Waals surface area contributed by atoms with E-state index in [9.17, 15) is 48.0 Å². The van der Waals surface area contributed by atoms with Gasteiger partial charge in [0.05, 0.1) is 40.8 Å². The Morgan fingerprint density at radius 1 is 0.789 bits per heavy atom. The largest absolute Gasteiger partial charge is 0.297 e. The number of hydrogen-bond donors (Lipinski definition) is 5. The molecule has 0 bridgehead atoms. The number of nitriles is 1. The zero-order valence-electron chi connectivity index (χ0n) is 43.0. The highest BCUT2D eigenvalue weighted by Crippen LogP contribution is 2.44. The first-order valence-corrected chi connectivity index (χ1v) is 32.7. The molecule has 0 radical (unpaired) electrons. The molecule has 0 amide bonds. The summed E-state index contributed by atoms with van der Waals surface area (Å²) < 4.78 is 130. The Kier molecular flexibility index (Phi) is 16.8. The van der Waals surface area contributed by atoms with Gasteiger partial charge in [0.1, 0.15) is 22.9 Å². The van der Waals surface area contributed by atoms with Crippen LogP contribution in [0.5, 0.6) is 0 Å². The highest BCUT2D eigenvalue weighted by molar-refractivity contribution is 8.14. The molecule has 7 rings (SSSR count). The third kappa shape index (κ3) is 12.4. The van der Waals surface area contributed by atoms with Crippen LogP contribution in [0.25, 0.3) is 0 Å². The summed E-state index contributed by atoms with van der Waals surface area (Å²) >= 11 is 1.30. The van der Waals surface area contributed by atoms with Crippen molar-refractivity contribution in [1.29, 1.82) is 5.26 Å². The third-order valence-electron chi connectivity index (χ3n) is 16.4. The summed E-state index contributed by atoms with van der Waals surface area (Å²) in [5.41, 5.74) is 0.0725. The lowest BCUT2D eigenvalue weighted by Gasteiger charge is -2.51. The van der Waals surface area contributed by atoms with Crippen LogP contribution in [0.4, 0.5) is 5.82 Å². The minimum atomic E-state index is -4.78. The second-order valence-electron chi connectivity index (χ2n) is 23.6. The lowest BCUT2D eigenvalue weighted by molar-refractivity contribution is 0.0270. The van der Waals surface area contributed by atoms with Gasteiger partial charge in [0.2, 0.25) is 20.0 Å². The Bertz CT molecular complexity index is 2670. The number of azo groups is 1. The van der Waals surface area contributed by atoms with Crippen LogP contribution >= 0.6 is 11.8 Å². The van der Waals surface area contributed by atoms with Crippen LogP contribution in [0.2, 0.25) is 0 Å². The molecule has 1 aromatic heterocycles. The molecule has 4 aliphatic carbocycles. The fraction of sp³-hybridized carbons (Fsp3) is 0.891. The van der Waals surface area contributed by atoms with E-state index in [0.717, 1.165) is 25.7 Å². The summed E-state index contributed by atoms with van der Waals surface area (Å²) in [5.74, 6) is 2.04. The van der Waals surface area contributed by atoms with Gasteiger partial charge in [-0.1, -0.05) is 81.0 Å². The molecule has 4 saturated carbocycles. The van der Waals surface area contributed by atoms with Crippen LogP contribution < -0.4 is 15.4 Å². The lowest BCUT2D eigenvalue weighted by Crippen LogP contribution is -2.69. The Hall–Kier alpha value is -2.12. The number of thioether (sulfide) groups is 1. The van der Waals surface area contributed by atoms with Crippen molar-refractivity contribution in [1.82, 2.24) is 29.4 Å². The van der Waals surface area contributed by atoms with Gasteiger partial charge in [-0.3, -0.25) is 24.7 Å². The van der Waals surface area contributed by atoms with Crippen molar-refractivity contribution in [2.24, 2.45) is 56.6 Å². The first-order valence-electron chi connectivity index (χ1n) is 25.4. The summed E-state index contributed by atoms with van der Waals surface area (Å²) in [5, 5.41) is 29.5. The zero-order chi connectivity index (χ0) is 52.5. The Balaban J connectivity index is 1.18. The third-order valence-corrected chi connectivity index (χ3v) is 23.5. The topological polar surface area (TPSA) is 295 Å². The van der Waals surface area contributed by atoms with Crippen LogP contribution in [0.15, 0.2) is 15.2 Å². The van der Waals surface area contributed by atoms with E-state index in [-0.39, 0.29) is 78.2 Å². The second kappa shape index (κ2) is 21.1. The molecule has 3 heterocycles. The van der Waals surface area contributed by atoms with Crippen molar-refractivity contribution in [3.05, 3.63) is 11.3 Å². The standard InChI is InChI=1S/C46H78N10O10S5/c1-24-16-26(3)39(27(4)17-24)50-43-40(28(5)20-38(49-43)56(68(11,57)58)41-29(6)18-25(2)19-30(41)7)51-52-44-33(23-47)42(46(8,9)10)53-55(44)45-48-34-14-12-31(22-36(34)67-45)69(59,60)54-35-21-32(70(61,62)63)13-15-37(35)71(64,65)66/h24-32,34-41,43,49-50,54H,12-22H2,1-11H3,(H,61,62,63)(H,64,65,66). The Morgan fingerprint density at radius 3 is 1.93 bits per heavy atom. The molecule has 1 saturated heterocycles. The number of hydrogen-bond acceptors (Lipinski definition) is 16. The fourth-order valence-corrected chi connectivity index (χ4v) is 20.2. The molecule has 14 atom stereocenters. The fourth-order valence-electron chi connectivity index (χ4n) is 13.4. The Morgan fingerprint density at radius 2 is 1.38 bits per heavy atom. The van der Waals surface area contributed by atoms with Gasteiger partial charge in [0, 0.05) is 28.8 Å². The molecule has 5 fully saturated rings. The summed E-state index contributed by atoms with van der Waals surface area (Å²) in [4.78, 5) is 5.02. The van der Waals surface area contributed by atoms with Gasteiger partial charge in [0.15, 0.2) is 11.0 Å². The number of sulfonamides is 2. The van der Waals surface area contributed by atoms with Gasteiger partial charge in [-0.25, -0.2) is 21.6 Å². The van der Waals surface area contributed by atoms with Gasteiger partial charge in [-0.05, 0) is 112 Å². The first-order chi connectivity index (χ1) is 32.8. The molecular formula is C46H78N10O10S5. The van der Waals surface area contributed by atoms with E-state index in [2.05, 4.69) is 69.9 Å². The van der Waals surface area contributed by atoms with E-state index in [1.54, 1.807) is 4.31 Å². The zero-order valence-corrected chi connectivity index (χ0v) is 47.1. The van der Waals surface area contributed by atoms with E-state index in [0.29, 0.717) is 47.4 Å². The van der Waals surface area contributed by atoms with Crippen molar-refractivity contribution >= 4 is 63.0 Å². The van der Waals surface area contributed by atoms with Gasteiger partial charge in [-0.15, -0.1) is 5.11 Å². The average Bonchev–Trinajstić information content (AvgIpc) is 3.83. The quantitative estimate of drug-likeness (QED) is 0.118. The first kappa shape index (κ1) is 56.6. The predicted molar refractivity (Wildman–Crippen MR) is 275 cm³/mol. The van der Waals surface area contributed by atoms with Gasteiger partial charge < -0.3 is 0 Å². The van der Waals surface area contributed by atoms with Gasteiger partial charge in [0.25, 0.3) is 20.2 Å². The molecule has 20 nitrogen and oxygen atoms in total. The van der Waals surface area contributed by atoms with Crippen molar-refractivity contribution in [3.63, 3.8) is 0 Å². The lowest BCUT2D eigenvalue weighted by atomic mass is 9.73. The number of rotatable bonds is 12. The molecule has 1 aromatic rings. The van der Waals surface area contributed by atoms with E-state index in [1.807, 2.05) is 20.8 Å². The summed E-state index contributed by atoms with van der Waals surface area (Å²) in [6.07, 6.45) is 4.16. The van der Waals surface area contributed by atoms with Crippen LogP contribution in [-0.4, -0.2) is 132 Å². The highest BCUT2D eigenvalue weighted by atomic mass is 32.2. The molecule has 5 N–H and O–H groups in total. The van der Waals surface area contributed by atoms with Crippen molar-refractivity contribution in [3.8, 4) is 6.07 Å². The number of piperidine rings is 1. The summed E-state index contributed by atoms with van der Waals surface area (Å²) in [6.45, 7) is 21.2. The van der Waals surface area contributed by atoms with E-state index < -0.39 is 92.3 Å². The van der Waals surface area contributed by atoms with E-state index in [4.69, 9.17) is 20.3 Å². The number of aliphatic imine (C=N–C) groups is 1. The summed E-state index contributed by atoms with van der Waals surface area (Å²) in [7, 11) is -17.4. The maximum Gasteiger partial charge on any atom is 0.269 e. The second-order valence-corrected chi connectivity index (χ2v) is 32.0. The molecular weight excluding hydrogens is 1010 g/mol. The Labute approximate surface area is 427 Å². The molecule has 0 aromatic carbocycles. The van der Waals surface area contributed by atoms with Gasteiger partial charge >= 0.3 is 0 Å². The van der Waals surface area contributed by atoms with Crippen LogP contribution in [0.1, 0.15) is 151 Å². The van der Waals surface area contributed by atoms with Gasteiger partial charge in [-0.2, -0.15) is 41.3 Å². The van der Waals surface area contributed by atoms with E-state index >= 15 is 0 Å². The molecule has 402 valence electrons. The average molecular weight is 1090 g/mol. The smallest absolute Gasteiger partial charge is 0.269 e. The molecule has 0 spiro atoms. The van der Waals surface area contributed by atoms with E-state index in [1.165, 1.54) is 22.7 Å². The van der Waals surface area contributed by atoms with Crippen LogP contribution in [0.3, 0.4) is 0 Å². The molecule has 6 aliphatic rings. The normalized spacial score (nSPS) is 39.0. The van der Waals surface area contributed by atoms with Crippen molar-refractivity contribution in [2.75, 3.05) is 6.26 Å². The predicted octanol–water partition coefficient (Wildman–Crippen LogP) is 6.00. The highest BCUT2D eigenvalue weighted by Gasteiger charge is 2.50. The van der Waals surface area contributed by atoms with Crippen molar-refractivity contribution < 1.29 is 42.8 Å². The minimum absolute atomic E-state index is 0.0938. The molecule has 2 aliphatic heterocycles. The number of nitrogens with zero attached hydrogens (tertiary/aromatic N) is 7. The molecule has 14 unspecified atom stereocenters. The maximum absolute atomic E-state index is 14.0. The monoisotopic (exact) mass is 1090 g/mol. The van der Waals surface area contributed by atoms with Crippen molar-refractivity contribution in [2.45, 2.75) is 209 Å².